The molecule has 0 spiro atoms. The largest absolute Gasteiger partial charge is 0.508 e. The molecule has 1 heterocycles. The highest BCUT2D eigenvalue weighted by atomic mass is 16.5. The van der Waals surface area contributed by atoms with Crippen molar-refractivity contribution >= 4 is 0 Å². The van der Waals surface area contributed by atoms with Crippen molar-refractivity contribution in [1.29, 1.82) is 0 Å². The van der Waals surface area contributed by atoms with Gasteiger partial charge in [0.1, 0.15) is 23.6 Å². The molecular formula is C15H21NO3. The summed E-state index contributed by atoms with van der Waals surface area (Å²) >= 11 is 0. The Labute approximate surface area is 113 Å². The number of phenols is 1. The molecule has 19 heavy (non-hydrogen) atoms. The first-order chi connectivity index (χ1) is 9.23. The highest BCUT2D eigenvalue weighted by Crippen LogP contribution is 2.39. The number of ether oxygens (including phenoxy) is 1. The van der Waals surface area contributed by atoms with E-state index < -0.39 is 5.54 Å². The smallest absolute Gasteiger partial charge is 0.128 e. The van der Waals surface area contributed by atoms with Crippen LogP contribution in [0.25, 0.3) is 0 Å². The number of aliphatic hydroxyl groups excluding tert-OH is 1. The molecule has 0 saturated heterocycles. The highest BCUT2D eigenvalue weighted by Gasteiger charge is 2.41. The monoisotopic (exact) mass is 263 g/mol. The van der Waals surface area contributed by atoms with Gasteiger partial charge in [-0.15, -0.1) is 0 Å². The summed E-state index contributed by atoms with van der Waals surface area (Å²) in [4.78, 5) is 0. The quantitative estimate of drug-likeness (QED) is 0.779. The number of nitrogens with one attached hydrogen (secondary N) is 1. The van der Waals surface area contributed by atoms with Crippen LogP contribution in [0.5, 0.6) is 11.5 Å². The van der Waals surface area contributed by atoms with Crippen LogP contribution in [-0.4, -0.2) is 29.5 Å². The molecule has 0 radical (unpaired) electrons. The van der Waals surface area contributed by atoms with Gasteiger partial charge in [0, 0.05) is 17.7 Å². The van der Waals surface area contributed by atoms with Crippen molar-refractivity contribution in [2.45, 2.75) is 43.7 Å². The number of rotatable bonds is 3. The third kappa shape index (κ3) is 2.30. The molecule has 4 heteroatoms. The Kier molecular flexibility index (Phi) is 3.37. The molecule has 104 valence electrons. The fraction of sp³-hybridized carbons (Fsp3) is 0.600. The van der Waals surface area contributed by atoms with E-state index in [2.05, 4.69) is 5.32 Å². The number of hydrogen-bond acceptors (Lipinski definition) is 4. The maximum absolute atomic E-state index is 9.86. The van der Waals surface area contributed by atoms with E-state index in [1.165, 1.54) is 19.3 Å². The van der Waals surface area contributed by atoms with Crippen LogP contribution in [0.15, 0.2) is 18.2 Å². The summed E-state index contributed by atoms with van der Waals surface area (Å²) in [5.74, 6) is 0.877. The van der Waals surface area contributed by atoms with E-state index in [1.54, 1.807) is 12.1 Å². The predicted molar refractivity (Wildman–Crippen MR) is 72.4 cm³/mol. The molecule has 1 saturated carbocycles. The molecule has 1 aliphatic carbocycles. The van der Waals surface area contributed by atoms with Gasteiger partial charge in [0.2, 0.25) is 0 Å². The average molecular weight is 263 g/mol. The highest BCUT2D eigenvalue weighted by molar-refractivity contribution is 5.47. The summed E-state index contributed by atoms with van der Waals surface area (Å²) in [5, 5.41) is 23.0. The fourth-order valence-corrected chi connectivity index (χ4v) is 3.24. The van der Waals surface area contributed by atoms with E-state index in [9.17, 15) is 10.2 Å². The molecule has 4 nitrogen and oxygen atoms in total. The second-order valence-corrected chi connectivity index (χ2v) is 5.69. The van der Waals surface area contributed by atoms with Gasteiger partial charge >= 0.3 is 0 Å². The maximum atomic E-state index is 9.86. The van der Waals surface area contributed by atoms with Crippen molar-refractivity contribution in [3.8, 4) is 11.5 Å². The lowest BCUT2D eigenvalue weighted by Crippen LogP contribution is -2.52. The number of fused-ring (bicyclic) bond motifs is 1. The minimum atomic E-state index is -0.509. The molecule has 2 aliphatic rings. The number of benzene rings is 1. The number of hydrogen-bond donors (Lipinski definition) is 3. The van der Waals surface area contributed by atoms with Crippen molar-refractivity contribution < 1.29 is 14.9 Å². The minimum Gasteiger partial charge on any atom is -0.508 e. The van der Waals surface area contributed by atoms with Gasteiger partial charge in [-0.25, -0.2) is 0 Å². The van der Waals surface area contributed by atoms with Gasteiger partial charge in [-0.05, 0) is 25.0 Å². The zero-order valence-corrected chi connectivity index (χ0v) is 11.1. The second kappa shape index (κ2) is 5.02. The van der Waals surface area contributed by atoms with E-state index in [4.69, 9.17) is 4.74 Å². The molecule has 3 rings (SSSR count). The molecule has 0 amide bonds. The molecule has 0 aromatic heterocycles. The summed E-state index contributed by atoms with van der Waals surface area (Å²) < 4.78 is 5.65. The Morgan fingerprint density at radius 3 is 2.79 bits per heavy atom. The number of aromatic hydroxyl groups is 1. The van der Waals surface area contributed by atoms with Crippen molar-refractivity contribution in [2.75, 3.05) is 13.2 Å². The predicted octanol–water partition coefficient (Wildman–Crippen LogP) is 1.89. The summed E-state index contributed by atoms with van der Waals surface area (Å²) in [6.45, 7) is 0.445. The van der Waals surface area contributed by atoms with Crippen LogP contribution in [0.4, 0.5) is 0 Å². The Hall–Kier alpha value is -1.26. The summed E-state index contributed by atoms with van der Waals surface area (Å²) in [6.07, 6.45) is 6.14. The van der Waals surface area contributed by atoms with E-state index >= 15 is 0 Å². The molecule has 1 aromatic rings. The van der Waals surface area contributed by atoms with E-state index in [-0.39, 0.29) is 12.4 Å². The third-order valence-electron chi connectivity index (χ3n) is 4.31. The van der Waals surface area contributed by atoms with Gasteiger partial charge in [0.25, 0.3) is 0 Å². The molecule has 1 unspecified atom stereocenters. The fourth-order valence-electron chi connectivity index (χ4n) is 3.24. The van der Waals surface area contributed by atoms with E-state index in [0.717, 1.165) is 18.4 Å². The lowest BCUT2D eigenvalue weighted by atomic mass is 9.88. The summed E-state index contributed by atoms with van der Waals surface area (Å²) in [7, 11) is 0. The molecule has 1 aliphatic heterocycles. The zero-order valence-electron chi connectivity index (χ0n) is 11.1. The third-order valence-corrected chi connectivity index (χ3v) is 4.31. The Morgan fingerprint density at radius 2 is 2.05 bits per heavy atom. The van der Waals surface area contributed by atoms with Gasteiger partial charge in [-0.3, -0.25) is 5.32 Å². The van der Waals surface area contributed by atoms with Crippen molar-refractivity contribution in [2.24, 2.45) is 0 Å². The van der Waals surface area contributed by atoms with Gasteiger partial charge in [-0.2, -0.15) is 0 Å². The molecule has 1 aromatic carbocycles. The van der Waals surface area contributed by atoms with Gasteiger partial charge < -0.3 is 14.9 Å². The van der Waals surface area contributed by atoms with E-state index in [1.807, 2.05) is 6.07 Å². The molecule has 3 N–H and O–H groups in total. The van der Waals surface area contributed by atoms with Crippen LogP contribution in [0.3, 0.4) is 0 Å². The topological polar surface area (TPSA) is 61.7 Å². The molecule has 1 atom stereocenters. The molecule has 0 bridgehead atoms. The van der Waals surface area contributed by atoms with Crippen LogP contribution in [0.1, 0.15) is 37.7 Å². The molecule has 1 fully saturated rings. The first-order valence-corrected chi connectivity index (χ1v) is 7.08. The first-order valence-electron chi connectivity index (χ1n) is 7.08. The van der Waals surface area contributed by atoms with Crippen LogP contribution in [-0.2, 0) is 5.54 Å². The zero-order chi connectivity index (χ0) is 13.3. The minimum absolute atomic E-state index is 0.0152. The maximum Gasteiger partial charge on any atom is 0.128 e. The molecular weight excluding hydrogens is 242 g/mol. The van der Waals surface area contributed by atoms with Crippen LogP contribution in [0, 0.1) is 0 Å². The van der Waals surface area contributed by atoms with Crippen molar-refractivity contribution in [3.63, 3.8) is 0 Å². The summed E-state index contributed by atoms with van der Waals surface area (Å²) in [5.41, 5.74) is 0.448. The number of phenolic OH excluding ortho intramolecular Hbond substituents is 1. The van der Waals surface area contributed by atoms with Gasteiger partial charge in [0.05, 0.1) is 6.61 Å². The Morgan fingerprint density at radius 1 is 1.26 bits per heavy atom. The van der Waals surface area contributed by atoms with E-state index in [0.29, 0.717) is 18.4 Å². The first kappa shape index (κ1) is 12.8. The lowest BCUT2D eigenvalue weighted by Gasteiger charge is -2.34. The number of aliphatic hydroxyl groups is 1. The van der Waals surface area contributed by atoms with Crippen molar-refractivity contribution in [1.82, 2.24) is 5.32 Å². The van der Waals surface area contributed by atoms with Crippen LogP contribution >= 0.6 is 0 Å². The normalized spacial score (nSPS) is 27.0. The van der Waals surface area contributed by atoms with Crippen LogP contribution < -0.4 is 10.1 Å². The SMILES string of the molecule is OCC1(NC2CCCCC2)COc2cc(O)ccc21. The Balaban J connectivity index is 1.85. The lowest BCUT2D eigenvalue weighted by molar-refractivity contribution is 0.110. The van der Waals surface area contributed by atoms with Gasteiger partial charge in [-0.1, -0.05) is 19.3 Å². The average Bonchev–Trinajstić information content (AvgIpc) is 2.78. The standard InChI is InChI=1S/C15H21NO3/c17-9-15(16-11-4-2-1-3-5-11)10-19-14-8-12(18)6-7-13(14)15/h6-8,11,16-18H,1-5,9-10H2. The van der Waals surface area contributed by atoms with Crippen molar-refractivity contribution in [3.05, 3.63) is 23.8 Å². The van der Waals surface area contributed by atoms with Gasteiger partial charge in [0.15, 0.2) is 0 Å². The Bertz CT molecular complexity index is 457. The van der Waals surface area contributed by atoms with Crippen LogP contribution in [0.2, 0.25) is 0 Å². The second-order valence-electron chi connectivity index (χ2n) is 5.69. The summed E-state index contributed by atoms with van der Waals surface area (Å²) in [6, 6.07) is 5.57.